The van der Waals surface area contributed by atoms with Gasteiger partial charge in [0, 0.05) is 17.6 Å². The van der Waals surface area contributed by atoms with Gasteiger partial charge in [-0.25, -0.2) is 4.98 Å². The number of carboxylic acid groups (broad SMARTS) is 1. The van der Waals surface area contributed by atoms with E-state index in [0.717, 1.165) is 33.8 Å². The van der Waals surface area contributed by atoms with Crippen LogP contribution in [0.3, 0.4) is 0 Å². The number of likely N-dealkylation sites (N-methyl/N-ethyl adjacent to an activating group) is 1. The summed E-state index contributed by atoms with van der Waals surface area (Å²) in [5.74, 6) is -0.811. The molecule has 0 aliphatic carbocycles. The van der Waals surface area contributed by atoms with Crippen LogP contribution < -0.4 is 0 Å². The molecule has 0 aliphatic rings. The maximum absolute atomic E-state index is 10.7. The fourth-order valence-corrected chi connectivity index (χ4v) is 2.94. The van der Waals surface area contributed by atoms with Crippen LogP contribution in [0.2, 0.25) is 0 Å². The van der Waals surface area contributed by atoms with Gasteiger partial charge >= 0.3 is 5.97 Å². The molecule has 0 radical (unpaired) electrons. The van der Waals surface area contributed by atoms with Crippen molar-refractivity contribution in [3.05, 3.63) is 22.7 Å². The highest BCUT2D eigenvalue weighted by Gasteiger charge is 2.13. The number of aliphatic carboxylic acids is 1. The summed E-state index contributed by atoms with van der Waals surface area (Å²) in [7, 11) is 4.03. The van der Waals surface area contributed by atoms with Crippen molar-refractivity contribution in [2.45, 2.75) is 11.7 Å². The number of fused-ring (bicyclic) bond motifs is 1. The normalized spacial score (nSPS) is 11.4. The maximum atomic E-state index is 10.7. The van der Waals surface area contributed by atoms with Crippen molar-refractivity contribution in [2.24, 2.45) is 0 Å². The Hall–Kier alpha value is -1.05. The Morgan fingerprint density at radius 1 is 1.50 bits per heavy atom. The molecule has 1 N–H and O–H groups in total. The van der Waals surface area contributed by atoms with E-state index in [4.69, 9.17) is 5.11 Å². The largest absolute Gasteiger partial charge is 0.481 e. The molecule has 5 nitrogen and oxygen atoms in total. The van der Waals surface area contributed by atoms with Gasteiger partial charge in [0.15, 0.2) is 5.16 Å². The Balaban J connectivity index is 2.36. The third kappa shape index (κ3) is 3.74. The number of thioether (sulfide) groups is 1. The van der Waals surface area contributed by atoms with E-state index >= 15 is 0 Å². The number of nitrogens with zero attached hydrogens (tertiary/aromatic N) is 3. The van der Waals surface area contributed by atoms with E-state index in [1.54, 1.807) is 0 Å². The van der Waals surface area contributed by atoms with Crippen molar-refractivity contribution < 1.29 is 9.90 Å². The van der Waals surface area contributed by atoms with Crippen LogP contribution in [0.1, 0.15) is 0 Å². The van der Waals surface area contributed by atoms with Gasteiger partial charge < -0.3 is 14.6 Å². The highest BCUT2D eigenvalue weighted by Crippen LogP contribution is 2.26. The molecule has 20 heavy (non-hydrogen) atoms. The molecule has 1 heterocycles. The summed E-state index contributed by atoms with van der Waals surface area (Å²) in [6.45, 7) is 1.66. The van der Waals surface area contributed by atoms with E-state index in [2.05, 4.69) is 30.4 Å². The van der Waals surface area contributed by atoms with Crippen LogP contribution in [0.15, 0.2) is 27.8 Å². The number of aromatic nitrogens is 2. The first-order valence-electron chi connectivity index (χ1n) is 6.12. The van der Waals surface area contributed by atoms with Crippen LogP contribution in [0.25, 0.3) is 11.0 Å². The SMILES string of the molecule is CN(C)CCn1c(SCC(=O)O)nc2cc(Br)ccc21. The molecule has 108 valence electrons. The van der Waals surface area contributed by atoms with Crippen molar-refractivity contribution in [1.29, 1.82) is 0 Å². The highest BCUT2D eigenvalue weighted by molar-refractivity contribution is 9.10. The Bertz CT molecular complexity index is 627. The predicted octanol–water partition coefficient (Wildman–Crippen LogP) is 2.54. The molecule has 2 rings (SSSR count). The lowest BCUT2D eigenvalue weighted by Crippen LogP contribution is -2.19. The molecule has 2 aromatic rings. The van der Waals surface area contributed by atoms with Gasteiger partial charge in [0.05, 0.1) is 16.8 Å². The lowest BCUT2D eigenvalue weighted by atomic mass is 10.3. The number of benzene rings is 1. The fourth-order valence-electron chi connectivity index (χ4n) is 1.83. The van der Waals surface area contributed by atoms with E-state index in [9.17, 15) is 4.79 Å². The summed E-state index contributed by atoms with van der Waals surface area (Å²) in [6.07, 6.45) is 0. The Morgan fingerprint density at radius 2 is 2.25 bits per heavy atom. The number of carboxylic acids is 1. The number of hydrogen-bond acceptors (Lipinski definition) is 4. The fraction of sp³-hybridized carbons (Fsp3) is 0.385. The smallest absolute Gasteiger partial charge is 0.313 e. The third-order valence-corrected chi connectivity index (χ3v) is 4.23. The lowest BCUT2D eigenvalue weighted by molar-refractivity contribution is -0.133. The van der Waals surface area contributed by atoms with Crippen molar-refractivity contribution in [2.75, 3.05) is 26.4 Å². The molecule has 1 aromatic carbocycles. The molecular weight excluding hydrogens is 342 g/mol. The number of rotatable bonds is 6. The van der Waals surface area contributed by atoms with Crippen molar-refractivity contribution in [3.63, 3.8) is 0 Å². The van der Waals surface area contributed by atoms with Gasteiger partial charge in [0.1, 0.15) is 0 Å². The first-order valence-corrected chi connectivity index (χ1v) is 7.90. The first kappa shape index (κ1) is 15.3. The van der Waals surface area contributed by atoms with Gasteiger partial charge in [0.25, 0.3) is 0 Å². The number of halogens is 1. The monoisotopic (exact) mass is 357 g/mol. The standard InChI is InChI=1S/C13H16BrN3O2S/c1-16(2)5-6-17-11-4-3-9(14)7-10(11)15-13(17)20-8-12(18)19/h3-4,7H,5-6,8H2,1-2H3,(H,18,19). The first-order chi connectivity index (χ1) is 9.47. The lowest BCUT2D eigenvalue weighted by Gasteiger charge is -2.12. The van der Waals surface area contributed by atoms with E-state index in [1.807, 2.05) is 32.3 Å². The van der Waals surface area contributed by atoms with Crippen LogP contribution in [-0.4, -0.2) is 51.9 Å². The van der Waals surface area contributed by atoms with Crippen LogP contribution in [0.4, 0.5) is 0 Å². The Kier molecular flexibility index (Phi) is 5.06. The molecule has 0 saturated heterocycles. The second kappa shape index (κ2) is 6.60. The second-order valence-electron chi connectivity index (χ2n) is 4.66. The maximum Gasteiger partial charge on any atom is 0.313 e. The van der Waals surface area contributed by atoms with Gasteiger partial charge in [-0.2, -0.15) is 0 Å². The molecule has 0 spiro atoms. The minimum Gasteiger partial charge on any atom is -0.481 e. The quantitative estimate of drug-likeness (QED) is 0.805. The summed E-state index contributed by atoms with van der Waals surface area (Å²) in [5, 5.41) is 9.58. The van der Waals surface area contributed by atoms with E-state index < -0.39 is 5.97 Å². The Labute approximate surface area is 130 Å². The van der Waals surface area contributed by atoms with Crippen molar-refractivity contribution in [1.82, 2.24) is 14.5 Å². The van der Waals surface area contributed by atoms with Gasteiger partial charge in [0.2, 0.25) is 0 Å². The van der Waals surface area contributed by atoms with Gasteiger partial charge in [-0.15, -0.1) is 0 Å². The second-order valence-corrected chi connectivity index (χ2v) is 6.52. The molecule has 0 fully saturated rings. The summed E-state index contributed by atoms with van der Waals surface area (Å²) in [4.78, 5) is 17.4. The highest BCUT2D eigenvalue weighted by atomic mass is 79.9. The van der Waals surface area contributed by atoms with Crippen LogP contribution in [0, 0.1) is 0 Å². The van der Waals surface area contributed by atoms with E-state index in [-0.39, 0.29) is 5.75 Å². The Morgan fingerprint density at radius 3 is 2.90 bits per heavy atom. The van der Waals surface area contributed by atoms with E-state index in [0.29, 0.717) is 0 Å². The van der Waals surface area contributed by atoms with Gasteiger partial charge in [-0.1, -0.05) is 27.7 Å². The molecule has 7 heteroatoms. The van der Waals surface area contributed by atoms with Crippen LogP contribution >= 0.6 is 27.7 Å². The van der Waals surface area contributed by atoms with Gasteiger partial charge in [-0.3, -0.25) is 4.79 Å². The molecular formula is C13H16BrN3O2S. The molecule has 0 bridgehead atoms. The number of carbonyl (C=O) groups is 1. The van der Waals surface area contributed by atoms with E-state index in [1.165, 1.54) is 11.8 Å². The zero-order valence-corrected chi connectivity index (χ0v) is 13.7. The van der Waals surface area contributed by atoms with Crippen LogP contribution in [-0.2, 0) is 11.3 Å². The van der Waals surface area contributed by atoms with Crippen molar-refractivity contribution >= 4 is 44.7 Å². The molecule has 1 aromatic heterocycles. The molecule has 0 amide bonds. The number of imidazole rings is 1. The third-order valence-electron chi connectivity index (χ3n) is 2.77. The summed E-state index contributed by atoms with van der Waals surface area (Å²) in [6, 6.07) is 5.93. The molecule has 0 unspecified atom stereocenters. The minimum absolute atomic E-state index is 0.0203. The van der Waals surface area contributed by atoms with Crippen molar-refractivity contribution in [3.8, 4) is 0 Å². The van der Waals surface area contributed by atoms with Crippen LogP contribution in [0.5, 0.6) is 0 Å². The summed E-state index contributed by atoms with van der Waals surface area (Å²) in [5.41, 5.74) is 1.91. The van der Waals surface area contributed by atoms with Gasteiger partial charge in [-0.05, 0) is 32.3 Å². The zero-order chi connectivity index (χ0) is 14.7. The number of hydrogen-bond donors (Lipinski definition) is 1. The molecule has 0 aliphatic heterocycles. The molecule has 0 atom stereocenters. The summed E-state index contributed by atoms with van der Waals surface area (Å²) < 4.78 is 3.05. The minimum atomic E-state index is -0.831. The average molecular weight is 358 g/mol. The average Bonchev–Trinajstić information content (AvgIpc) is 2.70. The zero-order valence-electron chi connectivity index (χ0n) is 11.3. The summed E-state index contributed by atoms with van der Waals surface area (Å²) >= 11 is 4.69. The topological polar surface area (TPSA) is 58.4 Å². The predicted molar refractivity (Wildman–Crippen MR) is 84.3 cm³/mol. The molecule has 0 saturated carbocycles.